The van der Waals surface area contributed by atoms with Crippen LogP contribution in [0, 0.1) is 10.1 Å². The van der Waals surface area contributed by atoms with E-state index in [0.29, 0.717) is 5.56 Å². The van der Waals surface area contributed by atoms with E-state index in [0.717, 1.165) is 17.8 Å². The Morgan fingerprint density at radius 2 is 1.86 bits per heavy atom. The van der Waals surface area contributed by atoms with Gasteiger partial charge in [0.05, 0.1) is 11.5 Å². The van der Waals surface area contributed by atoms with E-state index < -0.39 is 4.92 Å². The third-order valence-electron chi connectivity index (χ3n) is 3.54. The van der Waals surface area contributed by atoms with Crippen molar-refractivity contribution in [1.82, 2.24) is 0 Å². The maximum absolute atomic E-state index is 10.8. The lowest BCUT2D eigenvalue weighted by Gasteiger charge is -2.22. The Hall–Kier alpha value is -2.40. The molecular weight excluding hydrogens is 268 g/mol. The minimum Gasteiger partial charge on any atom is -0.392 e. The number of rotatable bonds is 5. The third kappa shape index (κ3) is 3.20. The van der Waals surface area contributed by atoms with Gasteiger partial charge in [-0.3, -0.25) is 10.1 Å². The van der Waals surface area contributed by atoms with E-state index in [1.54, 1.807) is 6.07 Å². The Bertz CT molecular complexity index is 638. The molecule has 0 bridgehead atoms. The van der Waals surface area contributed by atoms with Crippen LogP contribution in [0.2, 0.25) is 0 Å². The maximum Gasteiger partial charge on any atom is 0.269 e. The molecule has 110 valence electrons. The highest BCUT2D eigenvalue weighted by atomic mass is 16.6. The van der Waals surface area contributed by atoms with Gasteiger partial charge < -0.3 is 10.0 Å². The van der Waals surface area contributed by atoms with Crippen molar-refractivity contribution in [3.63, 3.8) is 0 Å². The SMILES string of the molecule is CCc1ccc(N(C)c2ccc([N+](=O)[O-])cc2CO)cc1. The number of non-ortho nitro benzene ring substituents is 1. The molecule has 0 aliphatic heterocycles. The second-order valence-corrected chi connectivity index (χ2v) is 4.81. The molecule has 21 heavy (non-hydrogen) atoms. The molecule has 0 saturated heterocycles. The van der Waals surface area contributed by atoms with Crippen LogP contribution in [0.25, 0.3) is 0 Å². The monoisotopic (exact) mass is 286 g/mol. The summed E-state index contributed by atoms with van der Waals surface area (Å²) in [5.41, 5.74) is 3.49. The normalized spacial score (nSPS) is 10.4. The Morgan fingerprint density at radius 1 is 1.19 bits per heavy atom. The van der Waals surface area contributed by atoms with Crippen molar-refractivity contribution in [3.8, 4) is 0 Å². The fourth-order valence-electron chi connectivity index (χ4n) is 2.23. The van der Waals surface area contributed by atoms with Gasteiger partial charge in [0, 0.05) is 36.1 Å². The molecule has 0 saturated carbocycles. The first-order valence-electron chi connectivity index (χ1n) is 6.77. The zero-order chi connectivity index (χ0) is 15.4. The fraction of sp³-hybridized carbons (Fsp3) is 0.250. The van der Waals surface area contributed by atoms with Crippen molar-refractivity contribution < 1.29 is 10.0 Å². The van der Waals surface area contributed by atoms with E-state index >= 15 is 0 Å². The molecule has 0 aliphatic rings. The molecule has 0 heterocycles. The average molecular weight is 286 g/mol. The van der Waals surface area contributed by atoms with E-state index in [-0.39, 0.29) is 12.3 Å². The van der Waals surface area contributed by atoms with Crippen LogP contribution in [-0.4, -0.2) is 17.1 Å². The zero-order valence-electron chi connectivity index (χ0n) is 12.1. The number of aliphatic hydroxyl groups is 1. The molecule has 5 heteroatoms. The van der Waals surface area contributed by atoms with E-state index in [1.807, 2.05) is 24.1 Å². The predicted molar refractivity (Wildman–Crippen MR) is 82.9 cm³/mol. The van der Waals surface area contributed by atoms with E-state index in [1.165, 1.54) is 17.7 Å². The van der Waals surface area contributed by atoms with Crippen LogP contribution in [0.3, 0.4) is 0 Å². The van der Waals surface area contributed by atoms with Gasteiger partial charge in [0.1, 0.15) is 0 Å². The van der Waals surface area contributed by atoms with Crippen molar-refractivity contribution in [2.75, 3.05) is 11.9 Å². The Kier molecular flexibility index (Phi) is 4.55. The molecule has 1 N–H and O–H groups in total. The molecule has 5 nitrogen and oxygen atoms in total. The lowest BCUT2D eigenvalue weighted by Crippen LogP contribution is -2.12. The number of hydrogen-bond acceptors (Lipinski definition) is 4. The van der Waals surface area contributed by atoms with Crippen molar-refractivity contribution in [3.05, 3.63) is 63.7 Å². The minimum absolute atomic E-state index is 0.0162. The molecular formula is C16H18N2O3. The van der Waals surface area contributed by atoms with Gasteiger partial charge >= 0.3 is 0 Å². The summed E-state index contributed by atoms with van der Waals surface area (Å²) in [5.74, 6) is 0. The van der Waals surface area contributed by atoms with E-state index in [9.17, 15) is 15.2 Å². The summed E-state index contributed by atoms with van der Waals surface area (Å²) in [5, 5.41) is 20.3. The Balaban J connectivity index is 2.37. The van der Waals surface area contributed by atoms with Gasteiger partial charge in [0.15, 0.2) is 0 Å². The summed E-state index contributed by atoms with van der Waals surface area (Å²) in [6.45, 7) is 1.85. The lowest BCUT2D eigenvalue weighted by molar-refractivity contribution is -0.384. The van der Waals surface area contributed by atoms with Crippen LogP contribution in [0.5, 0.6) is 0 Å². The largest absolute Gasteiger partial charge is 0.392 e. The molecule has 0 atom stereocenters. The molecule has 0 aromatic heterocycles. The maximum atomic E-state index is 10.8. The van der Waals surface area contributed by atoms with Crippen LogP contribution in [0.15, 0.2) is 42.5 Å². The van der Waals surface area contributed by atoms with Crippen molar-refractivity contribution in [2.24, 2.45) is 0 Å². The first-order valence-corrected chi connectivity index (χ1v) is 6.77. The molecule has 0 amide bonds. The van der Waals surface area contributed by atoms with Crippen LogP contribution in [-0.2, 0) is 13.0 Å². The average Bonchev–Trinajstić information content (AvgIpc) is 2.53. The smallest absolute Gasteiger partial charge is 0.269 e. The molecule has 0 fully saturated rings. The molecule has 2 rings (SSSR count). The van der Waals surface area contributed by atoms with Crippen molar-refractivity contribution >= 4 is 17.1 Å². The van der Waals surface area contributed by atoms with E-state index in [2.05, 4.69) is 19.1 Å². The van der Waals surface area contributed by atoms with E-state index in [4.69, 9.17) is 0 Å². The number of aliphatic hydroxyl groups excluding tert-OH is 1. The summed E-state index contributed by atoms with van der Waals surface area (Å²) in [7, 11) is 1.88. The highest BCUT2D eigenvalue weighted by molar-refractivity contribution is 5.67. The molecule has 0 spiro atoms. The third-order valence-corrected chi connectivity index (χ3v) is 3.54. The second kappa shape index (κ2) is 6.37. The highest BCUT2D eigenvalue weighted by Gasteiger charge is 2.14. The summed E-state index contributed by atoms with van der Waals surface area (Å²) in [6, 6.07) is 12.6. The van der Waals surface area contributed by atoms with Crippen molar-refractivity contribution in [1.29, 1.82) is 0 Å². The zero-order valence-corrected chi connectivity index (χ0v) is 12.1. The topological polar surface area (TPSA) is 66.6 Å². The lowest BCUT2D eigenvalue weighted by atomic mass is 10.1. The number of hydrogen-bond donors (Lipinski definition) is 1. The van der Waals surface area contributed by atoms with Crippen molar-refractivity contribution in [2.45, 2.75) is 20.0 Å². The van der Waals surface area contributed by atoms with Crippen LogP contribution in [0.4, 0.5) is 17.1 Å². The minimum atomic E-state index is -0.459. The Morgan fingerprint density at radius 3 is 2.38 bits per heavy atom. The van der Waals surface area contributed by atoms with Crippen LogP contribution < -0.4 is 4.90 Å². The predicted octanol–water partition coefficient (Wildman–Crippen LogP) is 3.42. The quantitative estimate of drug-likeness (QED) is 0.675. The number of anilines is 2. The van der Waals surface area contributed by atoms with Gasteiger partial charge in [0.2, 0.25) is 0 Å². The van der Waals surface area contributed by atoms with Crippen LogP contribution >= 0.6 is 0 Å². The van der Waals surface area contributed by atoms with Gasteiger partial charge in [-0.05, 0) is 30.2 Å². The molecule has 0 radical (unpaired) electrons. The Labute approximate surface area is 123 Å². The summed E-state index contributed by atoms with van der Waals surface area (Å²) in [6.07, 6.45) is 0.976. The number of nitro groups is 1. The summed E-state index contributed by atoms with van der Waals surface area (Å²) < 4.78 is 0. The van der Waals surface area contributed by atoms with Gasteiger partial charge in [-0.15, -0.1) is 0 Å². The second-order valence-electron chi connectivity index (χ2n) is 4.81. The number of nitrogens with zero attached hydrogens (tertiary/aromatic N) is 2. The summed E-state index contributed by atoms with van der Waals surface area (Å²) >= 11 is 0. The van der Waals surface area contributed by atoms with Gasteiger partial charge in [0.25, 0.3) is 5.69 Å². The summed E-state index contributed by atoms with van der Waals surface area (Å²) in [4.78, 5) is 12.3. The van der Waals surface area contributed by atoms with Crippen LogP contribution in [0.1, 0.15) is 18.1 Å². The molecule has 2 aromatic rings. The highest BCUT2D eigenvalue weighted by Crippen LogP contribution is 2.30. The number of aryl methyl sites for hydroxylation is 1. The first kappa shape index (κ1) is 15.0. The first-order chi connectivity index (χ1) is 10.1. The van der Waals surface area contributed by atoms with Gasteiger partial charge in [-0.25, -0.2) is 0 Å². The number of benzene rings is 2. The van der Waals surface area contributed by atoms with Gasteiger partial charge in [-0.1, -0.05) is 19.1 Å². The molecule has 0 aliphatic carbocycles. The number of nitro benzene ring substituents is 1. The molecule has 2 aromatic carbocycles. The molecule has 0 unspecified atom stereocenters. The van der Waals surface area contributed by atoms with Gasteiger partial charge in [-0.2, -0.15) is 0 Å². The fourth-order valence-corrected chi connectivity index (χ4v) is 2.23. The standard InChI is InChI=1S/C16H18N2O3/c1-3-12-4-6-14(7-5-12)17(2)16-9-8-15(18(20)21)10-13(16)11-19/h4-10,19H,3,11H2,1-2H3.